The van der Waals surface area contributed by atoms with E-state index in [4.69, 9.17) is 9.84 Å². The van der Waals surface area contributed by atoms with Crippen LogP contribution in [0.15, 0.2) is 91.6 Å². The first-order valence-electron chi connectivity index (χ1n) is 11.4. The third kappa shape index (κ3) is 5.26. The van der Waals surface area contributed by atoms with Crippen LogP contribution in [0, 0.1) is 0 Å². The summed E-state index contributed by atoms with van der Waals surface area (Å²) in [6.07, 6.45) is 1.74. The van der Waals surface area contributed by atoms with Crippen molar-refractivity contribution in [1.82, 2.24) is 4.57 Å². The minimum Gasteiger partial charge on any atom is -0.481 e. The summed E-state index contributed by atoms with van der Waals surface area (Å²) in [7, 11) is 0. The van der Waals surface area contributed by atoms with E-state index in [0.717, 1.165) is 10.4 Å². The summed E-state index contributed by atoms with van der Waals surface area (Å²) in [6.45, 7) is 1.32. The number of benzene rings is 2. The van der Waals surface area contributed by atoms with Crippen molar-refractivity contribution in [2.24, 2.45) is 4.99 Å². The third-order valence-corrected chi connectivity index (χ3v) is 8.24. The molecule has 0 spiro atoms. The third-order valence-electron chi connectivity index (χ3n) is 5.72. The number of carbonyl (C=O) groups is 2. The molecule has 0 bridgehead atoms. The number of carboxylic acid groups (broad SMARTS) is 1. The summed E-state index contributed by atoms with van der Waals surface area (Å²) in [5.41, 5.74) is 2.08. The predicted octanol–water partition coefficient (Wildman–Crippen LogP) is 4.16. The first-order chi connectivity index (χ1) is 18.3. The molecular formula is C27H20BrN3O5S2. The molecule has 8 nitrogen and oxygen atoms in total. The molecule has 0 saturated carbocycles. The molecule has 11 heteroatoms. The van der Waals surface area contributed by atoms with E-state index in [9.17, 15) is 14.4 Å². The number of amides is 1. The minimum atomic E-state index is -1.07. The molecule has 5 rings (SSSR count). The number of carbonyl (C=O) groups excluding carboxylic acids is 1. The molecule has 1 amide bonds. The first-order valence-corrected chi connectivity index (χ1v) is 13.9. The normalized spacial score (nSPS) is 15.1. The summed E-state index contributed by atoms with van der Waals surface area (Å²) >= 11 is 6.11. The number of thiophene rings is 1. The number of rotatable bonds is 7. The monoisotopic (exact) mass is 609 g/mol. The lowest BCUT2D eigenvalue weighted by Gasteiger charge is -2.24. The van der Waals surface area contributed by atoms with E-state index in [1.165, 1.54) is 22.7 Å². The minimum absolute atomic E-state index is 0.257. The van der Waals surface area contributed by atoms with Crippen LogP contribution in [-0.4, -0.2) is 28.2 Å². The number of thiazole rings is 1. The maximum absolute atomic E-state index is 13.7. The molecule has 1 aliphatic rings. The summed E-state index contributed by atoms with van der Waals surface area (Å²) in [5.74, 6) is -1.01. The molecule has 2 N–H and O–H groups in total. The Balaban J connectivity index is 1.56. The van der Waals surface area contributed by atoms with E-state index in [2.05, 4.69) is 26.2 Å². The fourth-order valence-corrected chi connectivity index (χ4v) is 6.44. The van der Waals surface area contributed by atoms with Crippen molar-refractivity contribution in [3.63, 3.8) is 0 Å². The molecule has 38 heavy (non-hydrogen) atoms. The van der Waals surface area contributed by atoms with Gasteiger partial charge in [-0.15, -0.1) is 11.3 Å². The summed E-state index contributed by atoms with van der Waals surface area (Å²) in [6, 6.07) is 17.5. The molecule has 0 radical (unpaired) electrons. The number of aliphatic carboxylic acids is 1. The quantitative estimate of drug-likeness (QED) is 0.327. The van der Waals surface area contributed by atoms with Crippen LogP contribution in [0.3, 0.4) is 0 Å². The molecule has 0 unspecified atom stereocenters. The molecule has 2 aromatic carbocycles. The van der Waals surface area contributed by atoms with Gasteiger partial charge < -0.3 is 15.2 Å². The largest absolute Gasteiger partial charge is 0.481 e. The average Bonchev–Trinajstić information content (AvgIpc) is 3.52. The van der Waals surface area contributed by atoms with Crippen LogP contribution < -0.4 is 24.9 Å². The number of nitrogens with zero attached hydrogens (tertiary/aromatic N) is 2. The highest BCUT2D eigenvalue weighted by Crippen LogP contribution is 2.33. The van der Waals surface area contributed by atoms with Gasteiger partial charge in [0.25, 0.3) is 11.5 Å². The van der Waals surface area contributed by atoms with Crippen molar-refractivity contribution in [3.8, 4) is 5.75 Å². The standard InChI is InChI=1S/C27H20BrN3O5S2/c1-15-23(25(34)30-17-6-3-2-4-7-17)24(20-8-5-11-37-20)31-26(35)21(38-27(31)29-15)13-16-9-10-19(18(28)12-16)36-14-22(32)33/h2-13,24H,14H2,1H3,(H,30,34)(H,32,33)/b21-13+/t24-/m1/s1. The van der Waals surface area contributed by atoms with Crippen molar-refractivity contribution in [2.75, 3.05) is 11.9 Å². The highest BCUT2D eigenvalue weighted by Gasteiger charge is 2.33. The van der Waals surface area contributed by atoms with Gasteiger partial charge in [-0.2, -0.15) is 0 Å². The number of carboxylic acids is 1. The molecule has 192 valence electrons. The highest BCUT2D eigenvalue weighted by molar-refractivity contribution is 9.10. The van der Waals surface area contributed by atoms with Gasteiger partial charge >= 0.3 is 5.97 Å². The molecule has 1 atom stereocenters. The summed E-state index contributed by atoms with van der Waals surface area (Å²) in [5, 5.41) is 13.7. The highest BCUT2D eigenvalue weighted by atomic mass is 79.9. The number of allylic oxidation sites excluding steroid dienone is 1. The van der Waals surface area contributed by atoms with Gasteiger partial charge in [0, 0.05) is 10.6 Å². The zero-order chi connectivity index (χ0) is 26.8. The molecule has 0 aliphatic carbocycles. The van der Waals surface area contributed by atoms with Gasteiger partial charge in [-0.25, -0.2) is 9.79 Å². The zero-order valence-corrected chi connectivity index (χ0v) is 23.1. The van der Waals surface area contributed by atoms with E-state index >= 15 is 0 Å². The second-order valence-electron chi connectivity index (χ2n) is 8.29. The molecule has 3 heterocycles. The summed E-state index contributed by atoms with van der Waals surface area (Å²) in [4.78, 5) is 44.0. The van der Waals surface area contributed by atoms with Crippen molar-refractivity contribution >= 4 is 62.2 Å². The van der Waals surface area contributed by atoms with Crippen molar-refractivity contribution in [2.45, 2.75) is 13.0 Å². The maximum atomic E-state index is 13.7. The number of fused-ring (bicyclic) bond motifs is 1. The van der Waals surface area contributed by atoms with Crippen molar-refractivity contribution in [1.29, 1.82) is 0 Å². The molecule has 4 aromatic rings. The van der Waals surface area contributed by atoms with Crippen LogP contribution >= 0.6 is 38.6 Å². The van der Waals surface area contributed by atoms with E-state index in [-0.39, 0.29) is 11.5 Å². The van der Waals surface area contributed by atoms with E-state index < -0.39 is 18.6 Å². The smallest absolute Gasteiger partial charge is 0.341 e. The Kier molecular flexibility index (Phi) is 7.41. The number of halogens is 1. The Morgan fingerprint density at radius 2 is 1.97 bits per heavy atom. The number of anilines is 1. The van der Waals surface area contributed by atoms with Crippen LogP contribution in [-0.2, 0) is 9.59 Å². The topological polar surface area (TPSA) is 110 Å². The Morgan fingerprint density at radius 3 is 2.66 bits per heavy atom. The lowest BCUT2D eigenvalue weighted by molar-refractivity contribution is -0.139. The molecule has 2 aromatic heterocycles. The van der Waals surface area contributed by atoms with Crippen LogP contribution in [0.1, 0.15) is 23.4 Å². The molecule has 0 fully saturated rings. The first kappa shape index (κ1) is 25.8. The Morgan fingerprint density at radius 1 is 1.18 bits per heavy atom. The van der Waals surface area contributed by atoms with E-state index in [1.54, 1.807) is 47.9 Å². The Bertz CT molecular complexity index is 1740. The fraction of sp³-hybridized carbons (Fsp3) is 0.111. The zero-order valence-electron chi connectivity index (χ0n) is 19.9. The molecule has 1 aliphatic heterocycles. The lowest BCUT2D eigenvalue weighted by atomic mass is 10.0. The molecule has 0 saturated heterocycles. The van der Waals surface area contributed by atoms with E-state index in [1.807, 2.05) is 35.7 Å². The number of ether oxygens (including phenoxy) is 1. The predicted molar refractivity (Wildman–Crippen MR) is 150 cm³/mol. The number of nitrogens with one attached hydrogen (secondary N) is 1. The average molecular weight is 611 g/mol. The number of aromatic nitrogens is 1. The van der Waals surface area contributed by atoms with Crippen molar-refractivity contribution < 1.29 is 19.4 Å². The van der Waals surface area contributed by atoms with Crippen LogP contribution in [0.4, 0.5) is 5.69 Å². The maximum Gasteiger partial charge on any atom is 0.341 e. The van der Waals surface area contributed by atoms with Gasteiger partial charge in [0.1, 0.15) is 11.8 Å². The molecular weight excluding hydrogens is 590 g/mol. The lowest BCUT2D eigenvalue weighted by Crippen LogP contribution is -2.40. The SMILES string of the molecule is CC1=C(C(=O)Nc2ccccc2)[C@@H](c2cccs2)n2c(s/c(=C/c3ccc(OCC(=O)O)c(Br)c3)c2=O)=N1. The van der Waals surface area contributed by atoms with Gasteiger partial charge in [-0.1, -0.05) is 41.7 Å². The van der Waals surface area contributed by atoms with Crippen molar-refractivity contribution in [3.05, 3.63) is 112 Å². The second kappa shape index (κ2) is 10.9. The van der Waals surface area contributed by atoms with Crippen LogP contribution in [0.25, 0.3) is 6.08 Å². The van der Waals surface area contributed by atoms with Gasteiger partial charge in [0.15, 0.2) is 11.4 Å². The van der Waals surface area contributed by atoms with Crippen LogP contribution in [0.5, 0.6) is 5.75 Å². The number of para-hydroxylation sites is 1. The second-order valence-corrected chi connectivity index (χ2v) is 11.1. The van der Waals surface area contributed by atoms with Gasteiger partial charge in [-0.3, -0.25) is 14.2 Å². The van der Waals surface area contributed by atoms with Gasteiger partial charge in [-0.05, 0) is 70.2 Å². The number of hydrogen-bond acceptors (Lipinski definition) is 7. The summed E-state index contributed by atoms with van der Waals surface area (Å²) < 4.78 is 7.85. The number of hydrogen-bond donors (Lipinski definition) is 2. The van der Waals surface area contributed by atoms with Gasteiger partial charge in [0.2, 0.25) is 0 Å². The Hall–Kier alpha value is -3.80. The van der Waals surface area contributed by atoms with E-state index in [0.29, 0.717) is 36.5 Å². The van der Waals surface area contributed by atoms with Gasteiger partial charge in [0.05, 0.1) is 20.3 Å². The fourth-order valence-electron chi connectivity index (χ4n) is 4.06. The Labute approximate surface area is 233 Å². The van der Waals surface area contributed by atoms with Crippen LogP contribution in [0.2, 0.25) is 0 Å².